The minimum atomic E-state index is 0.198. The van der Waals surface area contributed by atoms with Crippen molar-refractivity contribution in [1.29, 1.82) is 0 Å². The Morgan fingerprint density at radius 3 is 2.78 bits per heavy atom. The van der Waals surface area contributed by atoms with Crippen LogP contribution in [0, 0.1) is 4.64 Å². The van der Waals surface area contributed by atoms with Crippen LogP contribution < -0.4 is 0 Å². The van der Waals surface area contributed by atoms with Crippen LogP contribution in [0.4, 0.5) is 0 Å². The van der Waals surface area contributed by atoms with Crippen molar-refractivity contribution in [3.8, 4) is 0 Å². The maximum atomic E-state index is 5.16. The van der Waals surface area contributed by atoms with Crippen LogP contribution in [-0.4, -0.2) is 19.5 Å². The third-order valence-corrected chi connectivity index (χ3v) is 3.38. The summed E-state index contributed by atoms with van der Waals surface area (Å²) >= 11 is 5.16. The average Bonchev–Trinajstić information content (AvgIpc) is 2.84. The molecule has 90 valence electrons. The lowest BCUT2D eigenvalue weighted by Gasteiger charge is -2.14. The molecule has 5 heteroatoms. The highest BCUT2D eigenvalue weighted by Crippen LogP contribution is 2.21. The van der Waals surface area contributed by atoms with Gasteiger partial charge in [-0.3, -0.25) is 0 Å². The molecule has 1 N–H and O–H groups in total. The van der Waals surface area contributed by atoms with Gasteiger partial charge < -0.3 is 9.55 Å². The summed E-state index contributed by atoms with van der Waals surface area (Å²) in [5, 5.41) is 0. The van der Waals surface area contributed by atoms with E-state index in [9.17, 15) is 0 Å². The summed E-state index contributed by atoms with van der Waals surface area (Å²) in [6.07, 6.45) is 3.41. The maximum Gasteiger partial charge on any atom is 0.157 e. The number of aromatic amines is 1. The van der Waals surface area contributed by atoms with Crippen molar-refractivity contribution in [1.82, 2.24) is 19.5 Å². The second-order valence-electron chi connectivity index (χ2n) is 4.14. The summed E-state index contributed by atoms with van der Waals surface area (Å²) in [7, 11) is 0. The van der Waals surface area contributed by atoms with Gasteiger partial charge in [-0.15, -0.1) is 0 Å². The number of hydrogen-bond donors (Lipinski definition) is 1. The number of nitrogens with one attached hydrogen (secondary N) is 1. The highest BCUT2D eigenvalue weighted by atomic mass is 32.1. The number of H-pyrrole nitrogens is 1. The Labute approximate surface area is 109 Å². The fraction of sp³-hybridized carbons (Fsp3) is 0.154. The Kier molecular flexibility index (Phi) is 2.68. The first-order valence-electron chi connectivity index (χ1n) is 5.72. The van der Waals surface area contributed by atoms with E-state index in [0.717, 1.165) is 11.2 Å². The zero-order chi connectivity index (χ0) is 12.5. The molecule has 4 nitrogen and oxygen atoms in total. The minimum Gasteiger partial charge on any atom is -0.330 e. The van der Waals surface area contributed by atoms with Gasteiger partial charge in [-0.1, -0.05) is 42.5 Å². The first-order valence-corrected chi connectivity index (χ1v) is 6.13. The first-order chi connectivity index (χ1) is 8.77. The van der Waals surface area contributed by atoms with Gasteiger partial charge >= 0.3 is 0 Å². The van der Waals surface area contributed by atoms with E-state index >= 15 is 0 Å². The van der Waals surface area contributed by atoms with Crippen molar-refractivity contribution in [3.05, 3.63) is 53.2 Å². The third-order valence-electron chi connectivity index (χ3n) is 3.08. The highest BCUT2D eigenvalue weighted by Gasteiger charge is 2.12. The van der Waals surface area contributed by atoms with E-state index < -0.39 is 0 Å². The second-order valence-corrected chi connectivity index (χ2v) is 4.53. The van der Waals surface area contributed by atoms with E-state index in [1.54, 1.807) is 12.7 Å². The Bertz CT molecular complexity index is 729. The highest BCUT2D eigenvalue weighted by molar-refractivity contribution is 7.71. The summed E-state index contributed by atoms with van der Waals surface area (Å²) in [4.78, 5) is 11.5. The summed E-state index contributed by atoms with van der Waals surface area (Å²) < 4.78 is 2.60. The van der Waals surface area contributed by atoms with Crippen LogP contribution in [0.25, 0.3) is 11.2 Å². The zero-order valence-corrected chi connectivity index (χ0v) is 10.7. The topological polar surface area (TPSA) is 46.5 Å². The molecule has 0 saturated carbocycles. The van der Waals surface area contributed by atoms with E-state index in [0.29, 0.717) is 4.64 Å². The predicted octanol–water partition coefficient (Wildman–Crippen LogP) is 3.10. The van der Waals surface area contributed by atoms with Crippen molar-refractivity contribution < 1.29 is 0 Å². The van der Waals surface area contributed by atoms with Gasteiger partial charge in [0.05, 0.1) is 18.7 Å². The molecule has 0 aliphatic heterocycles. The fourth-order valence-corrected chi connectivity index (χ4v) is 2.26. The average molecular weight is 256 g/mol. The van der Waals surface area contributed by atoms with Crippen LogP contribution in [0.1, 0.15) is 18.5 Å². The van der Waals surface area contributed by atoms with Crippen molar-refractivity contribution in [2.24, 2.45) is 0 Å². The van der Waals surface area contributed by atoms with E-state index in [2.05, 4.69) is 38.6 Å². The molecular weight excluding hydrogens is 244 g/mol. The van der Waals surface area contributed by atoms with E-state index in [1.807, 2.05) is 18.2 Å². The fourth-order valence-electron chi connectivity index (χ4n) is 2.06. The third kappa shape index (κ3) is 1.73. The van der Waals surface area contributed by atoms with Crippen LogP contribution in [-0.2, 0) is 0 Å². The number of hydrogen-bond acceptors (Lipinski definition) is 3. The Morgan fingerprint density at radius 1 is 1.22 bits per heavy atom. The Morgan fingerprint density at radius 2 is 2.00 bits per heavy atom. The van der Waals surface area contributed by atoms with Gasteiger partial charge in [0, 0.05) is 0 Å². The van der Waals surface area contributed by atoms with Crippen molar-refractivity contribution in [2.45, 2.75) is 13.0 Å². The van der Waals surface area contributed by atoms with E-state index in [-0.39, 0.29) is 6.04 Å². The largest absolute Gasteiger partial charge is 0.330 e. The number of imidazole rings is 1. The van der Waals surface area contributed by atoms with Crippen molar-refractivity contribution in [3.63, 3.8) is 0 Å². The number of benzene rings is 1. The zero-order valence-electron chi connectivity index (χ0n) is 9.87. The molecule has 0 radical (unpaired) electrons. The van der Waals surface area contributed by atoms with Crippen LogP contribution in [0.3, 0.4) is 0 Å². The standard InChI is InChI=1S/C13H12N4S/c1-9(10-5-3-2-4-6-10)17-8-16-11-12(17)14-7-15-13(11)18/h2-9H,1H3,(H,14,15,18). The van der Waals surface area contributed by atoms with Crippen molar-refractivity contribution in [2.75, 3.05) is 0 Å². The lowest BCUT2D eigenvalue weighted by molar-refractivity contribution is 0.652. The lowest BCUT2D eigenvalue weighted by Crippen LogP contribution is -2.06. The minimum absolute atomic E-state index is 0.198. The molecule has 1 aromatic carbocycles. The normalized spacial score (nSPS) is 12.7. The summed E-state index contributed by atoms with van der Waals surface area (Å²) in [5.41, 5.74) is 2.88. The molecule has 0 fully saturated rings. The molecular formula is C13H12N4S. The maximum absolute atomic E-state index is 5.16. The Hall–Kier alpha value is -2.01. The molecule has 2 aromatic heterocycles. The number of aromatic nitrogens is 4. The number of rotatable bonds is 2. The molecule has 0 aliphatic carbocycles. The predicted molar refractivity (Wildman–Crippen MR) is 73.0 cm³/mol. The van der Waals surface area contributed by atoms with Gasteiger partial charge in [-0.2, -0.15) is 0 Å². The van der Waals surface area contributed by atoms with Crippen LogP contribution in [0.5, 0.6) is 0 Å². The number of fused-ring (bicyclic) bond motifs is 1. The summed E-state index contributed by atoms with van der Waals surface area (Å²) in [6.45, 7) is 2.13. The molecule has 2 heterocycles. The van der Waals surface area contributed by atoms with Gasteiger partial charge in [-0.25, -0.2) is 9.97 Å². The van der Waals surface area contributed by atoms with Crippen LogP contribution >= 0.6 is 12.2 Å². The first kappa shape index (κ1) is 11.1. The van der Waals surface area contributed by atoms with Crippen molar-refractivity contribution >= 4 is 23.4 Å². The summed E-state index contributed by atoms with van der Waals surface area (Å²) in [5.74, 6) is 0. The molecule has 0 bridgehead atoms. The van der Waals surface area contributed by atoms with Gasteiger partial charge in [-0.05, 0) is 12.5 Å². The van der Waals surface area contributed by atoms with Gasteiger partial charge in [0.25, 0.3) is 0 Å². The molecule has 0 amide bonds. The molecule has 0 aliphatic rings. The van der Waals surface area contributed by atoms with Crippen LogP contribution in [0.2, 0.25) is 0 Å². The monoisotopic (exact) mass is 256 g/mol. The van der Waals surface area contributed by atoms with E-state index in [4.69, 9.17) is 12.2 Å². The van der Waals surface area contributed by atoms with Gasteiger partial charge in [0.2, 0.25) is 0 Å². The molecule has 0 saturated heterocycles. The van der Waals surface area contributed by atoms with Crippen LogP contribution in [0.15, 0.2) is 43.0 Å². The summed E-state index contributed by atoms with van der Waals surface area (Å²) in [6, 6.07) is 10.5. The van der Waals surface area contributed by atoms with Gasteiger partial charge in [0.15, 0.2) is 4.64 Å². The SMILES string of the molecule is CC(c1ccccc1)n1cnc2c(=S)nc[nH]c21. The molecule has 1 unspecified atom stereocenters. The molecule has 18 heavy (non-hydrogen) atoms. The smallest absolute Gasteiger partial charge is 0.157 e. The van der Waals surface area contributed by atoms with Gasteiger partial charge in [0.1, 0.15) is 11.2 Å². The lowest BCUT2D eigenvalue weighted by atomic mass is 10.1. The second kappa shape index (κ2) is 4.34. The quantitative estimate of drug-likeness (QED) is 0.717. The molecule has 1 atom stereocenters. The van der Waals surface area contributed by atoms with E-state index in [1.165, 1.54) is 5.56 Å². The molecule has 3 rings (SSSR count). The number of nitrogens with zero attached hydrogens (tertiary/aromatic N) is 3. The molecule has 3 aromatic rings. The Balaban J connectivity index is 2.16. The molecule has 0 spiro atoms.